The van der Waals surface area contributed by atoms with Gasteiger partial charge in [-0.25, -0.2) is 4.79 Å². The number of carbonyl (C=O) groups is 2. The van der Waals surface area contributed by atoms with E-state index in [1.54, 1.807) is 0 Å². The monoisotopic (exact) mass is 414 g/mol. The van der Waals surface area contributed by atoms with Crippen LogP contribution < -0.4 is 5.32 Å². The quantitative estimate of drug-likeness (QED) is 0.746. The second-order valence-electron chi connectivity index (χ2n) is 8.53. The number of carbonyl (C=O) groups excluding carboxylic acids is 2. The standard InChI is InChI=1S/C24H38N4O2/c1-3-26(4-2)24(30)27-17-13-22(14-18-27)28-16-8-11-21(19-28)23(29)25-15-12-20-9-6-5-7-10-20/h5-7,9-10,21-22H,3-4,8,11-19H2,1-2H3,(H,25,29)/t21-/m0/s1. The summed E-state index contributed by atoms with van der Waals surface area (Å²) >= 11 is 0. The zero-order valence-electron chi connectivity index (χ0n) is 18.7. The number of urea groups is 1. The van der Waals surface area contributed by atoms with E-state index >= 15 is 0 Å². The molecule has 0 unspecified atom stereocenters. The minimum atomic E-state index is 0.0878. The zero-order chi connectivity index (χ0) is 21.3. The van der Waals surface area contributed by atoms with Crippen molar-refractivity contribution < 1.29 is 9.59 Å². The van der Waals surface area contributed by atoms with Gasteiger partial charge in [0.2, 0.25) is 5.91 Å². The number of piperidine rings is 2. The molecule has 30 heavy (non-hydrogen) atoms. The predicted molar refractivity (Wildman–Crippen MR) is 120 cm³/mol. The molecule has 0 radical (unpaired) electrons. The summed E-state index contributed by atoms with van der Waals surface area (Å²) in [4.78, 5) is 31.7. The van der Waals surface area contributed by atoms with Crippen LogP contribution in [0.1, 0.15) is 45.1 Å². The molecular weight excluding hydrogens is 376 g/mol. The highest BCUT2D eigenvalue weighted by Gasteiger charge is 2.33. The van der Waals surface area contributed by atoms with E-state index in [0.29, 0.717) is 12.6 Å². The number of amides is 3. The lowest BCUT2D eigenvalue weighted by atomic mass is 9.93. The van der Waals surface area contributed by atoms with Crippen LogP contribution in [0.15, 0.2) is 30.3 Å². The van der Waals surface area contributed by atoms with Crippen molar-refractivity contribution in [3.63, 3.8) is 0 Å². The third-order valence-corrected chi connectivity index (χ3v) is 6.66. The van der Waals surface area contributed by atoms with Crippen molar-refractivity contribution in [2.24, 2.45) is 5.92 Å². The van der Waals surface area contributed by atoms with Crippen LogP contribution >= 0.6 is 0 Å². The number of nitrogens with zero attached hydrogens (tertiary/aromatic N) is 3. The van der Waals surface area contributed by atoms with Crippen LogP contribution in [0.3, 0.4) is 0 Å². The molecule has 0 bridgehead atoms. The molecule has 2 heterocycles. The smallest absolute Gasteiger partial charge is 0.319 e. The van der Waals surface area contributed by atoms with E-state index in [0.717, 1.165) is 71.4 Å². The Morgan fingerprint density at radius 1 is 1.03 bits per heavy atom. The molecule has 0 aliphatic carbocycles. The molecule has 6 heteroatoms. The molecule has 3 rings (SSSR count). The fourth-order valence-electron chi connectivity index (χ4n) is 4.79. The van der Waals surface area contributed by atoms with Gasteiger partial charge in [0.15, 0.2) is 0 Å². The van der Waals surface area contributed by atoms with Crippen molar-refractivity contribution in [1.82, 2.24) is 20.0 Å². The van der Waals surface area contributed by atoms with E-state index in [1.165, 1.54) is 5.56 Å². The van der Waals surface area contributed by atoms with Gasteiger partial charge >= 0.3 is 6.03 Å². The number of rotatable bonds is 7. The molecule has 2 fully saturated rings. The van der Waals surface area contributed by atoms with Gasteiger partial charge in [0.05, 0.1) is 5.92 Å². The lowest BCUT2D eigenvalue weighted by Crippen LogP contribution is -2.53. The number of likely N-dealkylation sites (tertiary alicyclic amines) is 2. The minimum absolute atomic E-state index is 0.0878. The largest absolute Gasteiger partial charge is 0.355 e. The van der Waals surface area contributed by atoms with Crippen molar-refractivity contribution in [2.45, 2.75) is 52.0 Å². The van der Waals surface area contributed by atoms with E-state index in [9.17, 15) is 9.59 Å². The second kappa shape index (κ2) is 11.3. The van der Waals surface area contributed by atoms with Gasteiger partial charge in [-0.3, -0.25) is 9.69 Å². The Balaban J connectivity index is 1.42. The highest BCUT2D eigenvalue weighted by Crippen LogP contribution is 2.24. The van der Waals surface area contributed by atoms with Gasteiger partial charge in [-0.1, -0.05) is 30.3 Å². The Labute approximate surface area is 181 Å². The van der Waals surface area contributed by atoms with Crippen LogP contribution in [-0.2, 0) is 11.2 Å². The molecule has 1 aromatic carbocycles. The van der Waals surface area contributed by atoms with Gasteiger partial charge in [0, 0.05) is 45.3 Å². The number of hydrogen-bond acceptors (Lipinski definition) is 3. The van der Waals surface area contributed by atoms with Crippen molar-refractivity contribution in [3.05, 3.63) is 35.9 Å². The maximum absolute atomic E-state index is 12.7. The van der Waals surface area contributed by atoms with Crippen LogP contribution in [0.5, 0.6) is 0 Å². The van der Waals surface area contributed by atoms with Crippen molar-refractivity contribution in [1.29, 1.82) is 0 Å². The Hall–Kier alpha value is -2.08. The third-order valence-electron chi connectivity index (χ3n) is 6.66. The van der Waals surface area contributed by atoms with Crippen LogP contribution in [0.2, 0.25) is 0 Å². The fraction of sp³-hybridized carbons (Fsp3) is 0.667. The Kier molecular flexibility index (Phi) is 8.55. The van der Waals surface area contributed by atoms with E-state index in [2.05, 4.69) is 22.3 Å². The summed E-state index contributed by atoms with van der Waals surface area (Å²) in [5.74, 6) is 0.287. The minimum Gasteiger partial charge on any atom is -0.355 e. The summed E-state index contributed by atoms with van der Waals surface area (Å²) in [5.41, 5.74) is 1.26. The molecule has 6 nitrogen and oxygen atoms in total. The molecule has 3 amide bonds. The maximum Gasteiger partial charge on any atom is 0.319 e. The summed E-state index contributed by atoms with van der Waals surface area (Å²) in [6.07, 6.45) is 4.95. The molecule has 0 spiro atoms. The first-order valence-corrected chi connectivity index (χ1v) is 11.7. The SMILES string of the molecule is CCN(CC)C(=O)N1CCC(N2CCC[C@H](C(=O)NCCc3ccccc3)C2)CC1. The Morgan fingerprint density at radius 2 is 1.73 bits per heavy atom. The summed E-state index contributed by atoms with van der Waals surface area (Å²) in [6.45, 7) is 9.87. The molecular formula is C24H38N4O2. The first kappa shape index (κ1) is 22.6. The Morgan fingerprint density at radius 3 is 2.40 bits per heavy atom. The fourth-order valence-corrected chi connectivity index (χ4v) is 4.79. The second-order valence-corrected chi connectivity index (χ2v) is 8.53. The Bertz CT molecular complexity index is 669. The van der Waals surface area contributed by atoms with Crippen LogP contribution in [0.25, 0.3) is 0 Å². The lowest BCUT2D eigenvalue weighted by Gasteiger charge is -2.42. The molecule has 2 aliphatic heterocycles. The molecule has 1 atom stereocenters. The number of hydrogen-bond donors (Lipinski definition) is 1. The average molecular weight is 415 g/mol. The molecule has 2 aliphatic rings. The topological polar surface area (TPSA) is 55.9 Å². The zero-order valence-corrected chi connectivity index (χ0v) is 18.7. The maximum atomic E-state index is 12.7. The van der Waals surface area contributed by atoms with Gasteiger partial charge in [-0.2, -0.15) is 0 Å². The van der Waals surface area contributed by atoms with Crippen LogP contribution in [0, 0.1) is 5.92 Å². The summed E-state index contributed by atoms with van der Waals surface area (Å²) in [5, 5.41) is 3.15. The van der Waals surface area contributed by atoms with Crippen molar-refractivity contribution in [2.75, 3.05) is 45.8 Å². The number of benzene rings is 1. The number of nitrogens with one attached hydrogen (secondary N) is 1. The summed E-state index contributed by atoms with van der Waals surface area (Å²) < 4.78 is 0. The third kappa shape index (κ3) is 5.97. The van der Waals surface area contributed by atoms with Crippen LogP contribution in [-0.4, -0.2) is 78.5 Å². The van der Waals surface area contributed by atoms with Gasteiger partial charge in [0.1, 0.15) is 0 Å². The van der Waals surface area contributed by atoms with Gasteiger partial charge in [-0.15, -0.1) is 0 Å². The van der Waals surface area contributed by atoms with Gasteiger partial charge in [-0.05, 0) is 58.1 Å². The van der Waals surface area contributed by atoms with Gasteiger partial charge < -0.3 is 15.1 Å². The normalized spacial score (nSPS) is 20.7. The summed E-state index contributed by atoms with van der Waals surface area (Å²) in [7, 11) is 0. The molecule has 1 N–H and O–H groups in total. The first-order valence-electron chi connectivity index (χ1n) is 11.7. The molecule has 1 aromatic rings. The summed E-state index contributed by atoms with van der Waals surface area (Å²) in [6, 6.07) is 11.0. The molecule has 0 aromatic heterocycles. The molecule has 0 saturated carbocycles. The van der Waals surface area contributed by atoms with Gasteiger partial charge in [0.25, 0.3) is 0 Å². The van der Waals surface area contributed by atoms with E-state index in [4.69, 9.17) is 0 Å². The van der Waals surface area contributed by atoms with E-state index in [1.807, 2.05) is 41.8 Å². The molecule has 2 saturated heterocycles. The highest BCUT2D eigenvalue weighted by molar-refractivity contribution is 5.79. The van der Waals surface area contributed by atoms with Crippen molar-refractivity contribution >= 4 is 11.9 Å². The average Bonchev–Trinajstić information content (AvgIpc) is 2.80. The van der Waals surface area contributed by atoms with Crippen LogP contribution in [0.4, 0.5) is 4.79 Å². The predicted octanol–water partition coefficient (Wildman–Crippen LogP) is 2.98. The van der Waals surface area contributed by atoms with Crippen molar-refractivity contribution in [3.8, 4) is 0 Å². The van der Waals surface area contributed by atoms with E-state index in [-0.39, 0.29) is 17.9 Å². The molecule has 166 valence electrons. The highest BCUT2D eigenvalue weighted by atomic mass is 16.2. The van der Waals surface area contributed by atoms with E-state index < -0.39 is 0 Å². The first-order chi connectivity index (χ1) is 14.6. The lowest BCUT2D eigenvalue weighted by molar-refractivity contribution is -0.127.